The number of fused-ring (bicyclic) bond motifs is 2. The average Bonchev–Trinajstić information content (AvgIpc) is 3.15. The molecule has 2 aromatic heterocycles. The van der Waals surface area contributed by atoms with E-state index in [0.717, 1.165) is 12.1 Å². The lowest BCUT2D eigenvalue weighted by Crippen LogP contribution is -2.22. The van der Waals surface area contributed by atoms with E-state index in [1.807, 2.05) is 0 Å². The normalized spacial score (nSPS) is 14.8. The van der Waals surface area contributed by atoms with Crippen molar-refractivity contribution in [2.45, 2.75) is 38.7 Å². The van der Waals surface area contributed by atoms with Crippen molar-refractivity contribution in [3.63, 3.8) is 0 Å². The van der Waals surface area contributed by atoms with Crippen LogP contribution < -0.4 is 5.32 Å². The van der Waals surface area contributed by atoms with Crippen LogP contribution in [0.2, 0.25) is 0 Å². The summed E-state index contributed by atoms with van der Waals surface area (Å²) < 4.78 is 56.1. The number of aryl methyl sites for hydroxylation is 1. The molecule has 0 amide bonds. The van der Waals surface area contributed by atoms with Gasteiger partial charge in [0, 0.05) is 24.7 Å². The number of nitrogens with one attached hydrogen (secondary N) is 1. The molecule has 1 aliphatic rings. The van der Waals surface area contributed by atoms with E-state index in [9.17, 15) is 17.6 Å². The highest BCUT2D eigenvalue weighted by atomic mass is 19.3. The molecule has 26 heavy (non-hydrogen) atoms. The van der Waals surface area contributed by atoms with E-state index < -0.39 is 23.4 Å². The lowest BCUT2D eigenvalue weighted by Gasteiger charge is -2.14. The van der Waals surface area contributed by atoms with Crippen molar-refractivity contribution in [2.24, 2.45) is 0 Å². The van der Waals surface area contributed by atoms with E-state index in [0.29, 0.717) is 29.6 Å². The van der Waals surface area contributed by atoms with E-state index in [1.54, 1.807) is 13.0 Å². The van der Waals surface area contributed by atoms with Gasteiger partial charge in [0.1, 0.15) is 17.5 Å². The molecule has 0 saturated heterocycles. The highest BCUT2D eigenvalue weighted by molar-refractivity contribution is 5.48. The zero-order valence-electron chi connectivity index (χ0n) is 14.0. The van der Waals surface area contributed by atoms with Gasteiger partial charge < -0.3 is 5.32 Å². The number of hydrogen-bond acceptors (Lipinski definition) is 4. The third-order valence-electron chi connectivity index (χ3n) is 4.40. The predicted octanol–water partition coefficient (Wildman–Crippen LogP) is 3.40. The molecule has 5 nitrogen and oxygen atoms in total. The second-order valence-corrected chi connectivity index (χ2v) is 6.55. The molecule has 136 valence electrons. The molecule has 0 saturated carbocycles. The Morgan fingerprint density at radius 2 is 1.73 bits per heavy atom. The van der Waals surface area contributed by atoms with Crippen LogP contribution in [0.3, 0.4) is 0 Å². The minimum atomic E-state index is -3.20. The van der Waals surface area contributed by atoms with Crippen LogP contribution >= 0.6 is 0 Å². The largest absolute Gasteiger partial charge is 0.366 e. The van der Waals surface area contributed by atoms with Crippen molar-refractivity contribution < 1.29 is 17.6 Å². The van der Waals surface area contributed by atoms with E-state index >= 15 is 0 Å². The van der Waals surface area contributed by atoms with E-state index in [4.69, 9.17) is 0 Å². The first-order valence-corrected chi connectivity index (χ1v) is 8.07. The minimum absolute atomic E-state index is 0.0388. The van der Waals surface area contributed by atoms with Crippen LogP contribution in [0.25, 0.3) is 5.78 Å². The third kappa shape index (κ3) is 2.77. The van der Waals surface area contributed by atoms with Crippen LogP contribution in [0.15, 0.2) is 18.2 Å². The Hall–Kier alpha value is -2.71. The van der Waals surface area contributed by atoms with Crippen LogP contribution in [0.4, 0.5) is 23.4 Å². The first-order valence-electron chi connectivity index (χ1n) is 8.07. The standard InChI is InChI=1S/C17H15F4N5/c1-8-5-14(26-16(22-8)24-15(25-26)17(2,20)21)23-9-6-10-11(7-9)13(19)4-3-12(10)18/h3-5,9,23H,6-7H2,1-2H3. The van der Waals surface area contributed by atoms with Gasteiger partial charge in [0.2, 0.25) is 5.82 Å². The van der Waals surface area contributed by atoms with Crippen LogP contribution in [-0.2, 0) is 18.8 Å². The molecule has 0 bridgehead atoms. The predicted molar refractivity (Wildman–Crippen MR) is 86.3 cm³/mol. The Kier molecular flexibility index (Phi) is 3.64. The maximum atomic E-state index is 13.9. The van der Waals surface area contributed by atoms with E-state index in [2.05, 4.69) is 20.4 Å². The summed E-state index contributed by atoms with van der Waals surface area (Å²) in [7, 11) is 0. The highest BCUT2D eigenvalue weighted by Gasteiger charge is 2.32. The summed E-state index contributed by atoms with van der Waals surface area (Å²) in [5.41, 5.74) is 1.24. The summed E-state index contributed by atoms with van der Waals surface area (Å²) in [6.45, 7) is 2.41. The van der Waals surface area contributed by atoms with Crippen LogP contribution in [0.1, 0.15) is 29.6 Å². The van der Waals surface area contributed by atoms with Gasteiger partial charge in [-0.25, -0.2) is 13.8 Å². The molecule has 0 aliphatic heterocycles. The maximum absolute atomic E-state index is 13.9. The SMILES string of the molecule is Cc1cc(NC2Cc3c(F)ccc(F)c3C2)n2nc(C(C)(F)F)nc2n1. The molecule has 9 heteroatoms. The van der Waals surface area contributed by atoms with E-state index in [-0.39, 0.29) is 24.7 Å². The van der Waals surface area contributed by atoms with Gasteiger partial charge >= 0.3 is 5.92 Å². The molecule has 1 aromatic carbocycles. The second-order valence-electron chi connectivity index (χ2n) is 6.55. The molecule has 3 aromatic rings. The fourth-order valence-electron chi connectivity index (χ4n) is 3.23. The van der Waals surface area contributed by atoms with Gasteiger partial charge in [-0.3, -0.25) is 0 Å². The lowest BCUT2D eigenvalue weighted by molar-refractivity contribution is 0.00800. The van der Waals surface area contributed by atoms with Crippen molar-refractivity contribution >= 4 is 11.6 Å². The number of anilines is 1. The quantitative estimate of drug-likeness (QED) is 0.723. The second kappa shape index (κ2) is 5.65. The van der Waals surface area contributed by atoms with Crippen molar-refractivity contribution in [3.05, 3.63) is 52.5 Å². The zero-order valence-corrected chi connectivity index (χ0v) is 14.0. The molecule has 4 rings (SSSR count). The Labute approximate surface area is 146 Å². The van der Waals surface area contributed by atoms with Crippen molar-refractivity contribution in [1.82, 2.24) is 19.6 Å². The molecule has 0 unspecified atom stereocenters. The van der Waals surface area contributed by atoms with E-state index in [1.165, 1.54) is 4.52 Å². The summed E-state index contributed by atoms with van der Waals surface area (Å²) >= 11 is 0. The number of halogens is 4. The summed E-state index contributed by atoms with van der Waals surface area (Å²) in [5, 5.41) is 6.97. The number of hydrogen-bond donors (Lipinski definition) is 1. The fourth-order valence-corrected chi connectivity index (χ4v) is 3.23. The van der Waals surface area contributed by atoms with Crippen LogP contribution in [0.5, 0.6) is 0 Å². The molecule has 0 spiro atoms. The van der Waals surface area contributed by atoms with Gasteiger partial charge in [0.05, 0.1) is 0 Å². The summed E-state index contributed by atoms with van der Waals surface area (Å²) in [6, 6.07) is 3.56. The smallest absolute Gasteiger partial charge is 0.305 e. The van der Waals surface area contributed by atoms with Gasteiger partial charge in [-0.1, -0.05) is 0 Å². The van der Waals surface area contributed by atoms with Crippen molar-refractivity contribution in [1.29, 1.82) is 0 Å². The first kappa shape index (κ1) is 16.7. The number of rotatable bonds is 3. The molecule has 2 heterocycles. The summed E-state index contributed by atoms with van der Waals surface area (Å²) in [5.74, 6) is -4.29. The number of benzene rings is 1. The van der Waals surface area contributed by atoms with Gasteiger partial charge in [-0.2, -0.15) is 18.3 Å². The monoisotopic (exact) mass is 365 g/mol. The Morgan fingerprint density at radius 3 is 2.31 bits per heavy atom. The topological polar surface area (TPSA) is 55.1 Å². The van der Waals surface area contributed by atoms with Gasteiger partial charge in [0.25, 0.3) is 5.78 Å². The summed E-state index contributed by atoms with van der Waals surface area (Å²) in [6.07, 6.45) is 0.570. The number of aromatic nitrogens is 4. The zero-order chi connectivity index (χ0) is 18.6. The number of alkyl halides is 2. The Bertz CT molecular complexity index is 978. The van der Waals surface area contributed by atoms with Crippen molar-refractivity contribution in [2.75, 3.05) is 5.32 Å². The third-order valence-corrected chi connectivity index (χ3v) is 4.40. The van der Waals surface area contributed by atoms with Gasteiger partial charge in [0.15, 0.2) is 0 Å². The molecule has 1 aliphatic carbocycles. The molecule has 0 radical (unpaired) electrons. The van der Waals surface area contributed by atoms with Crippen molar-refractivity contribution in [3.8, 4) is 0 Å². The molecular weight excluding hydrogens is 350 g/mol. The van der Waals surface area contributed by atoms with Crippen LogP contribution in [-0.4, -0.2) is 25.6 Å². The first-order chi connectivity index (χ1) is 12.2. The minimum Gasteiger partial charge on any atom is -0.366 e. The van der Waals surface area contributed by atoms with Gasteiger partial charge in [-0.05, 0) is 43.0 Å². The number of nitrogens with zero attached hydrogens (tertiary/aromatic N) is 4. The van der Waals surface area contributed by atoms with Gasteiger partial charge in [-0.15, -0.1) is 5.10 Å². The molecule has 0 fully saturated rings. The Balaban J connectivity index is 1.69. The molecular formula is C17H15F4N5. The maximum Gasteiger partial charge on any atom is 0.305 e. The Morgan fingerprint density at radius 1 is 1.12 bits per heavy atom. The molecule has 1 N–H and O–H groups in total. The molecule has 0 atom stereocenters. The van der Waals surface area contributed by atoms with Crippen LogP contribution in [0, 0.1) is 18.6 Å². The summed E-state index contributed by atoms with van der Waals surface area (Å²) in [4.78, 5) is 7.89. The fraction of sp³-hybridized carbons (Fsp3) is 0.353. The lowest BCUT2D eigenvalue weighted by atomic mass is 10.1. The average molecular weight is 365 g/mol. The highest BCUT2D eigenvalue weighted by Crippen LogP contribution is 2.30.